The number of hydrogen-bond donors (Lipinski definition) is 2. The highest BCUT2D eigenvalue weighted by molar-refractivity contribution is 5.58. The van der Waals surface area contributed by atoms with Crippen LogP contribution in [0.5, 0.6) is 5.75 Å². The zero-order chi connectivity index (χ0) is 13.5. The van der Waals surface area contributed by atoms with E-state index in [9.17, 15) is 5.11 Å². The van der Waals surface area contributed by atoms with Crippen LogP contribution in [-0.2, 0) is 11.8 Å². The molecule has 4 heteroatoms. The molecule has 1 spiro atoms. The van der Waals surface area contributed by atoms with Crippen molar-refractivity contribution in [3.05, 3.63) is 29.3 Å². The maximum Gasteiger partial charge on any atom is 0.129 e. The Hall–Kier alpha value is -1.13. The van der Waals surface area contributed by atoms with Crippen molar-refractivity contribution in [1.29, 1.82) is 0 Å². The third-order valence-corrected chi connectivity index (χ3v) is 6.08. The molecule has 5 unspecified atom stereocenters. The van der Waals surface area contributed by atoms with E-state index in [1.54, 1.807) is 0 Å². The Balaban J connectivity index is 1.89. The molecule has 0 aromatic heterocycles. The van der Waals surface area contributed by atoms with Crippen LogP contribution in [0.1, 0.15) is 30.4 Å². The molecule has 2 aliphatic carbocycles. The second kappa shape index (κ2) is 3.37. The highest BCUT2D eigenvalue weighted by atomic mass is 19.1. The smallest absolute Gasteiger partial charge is 0.129 e. The number of benzene rings is 1. The lowest BCUT2D eigenvalue weighted by molar-refractivity contribution is -0.175. The van der Waals surface area contributed by atoms with Gasteiger partial charge in [0.05, 0.1) is 11.0 Å². The summed E-state index contributed by atoms with van der Waals surface area (Å²) in [6.07, 6.45) is 1.87. The Kier molecular flexibility index (Phi) is 1.94. The minimum absolute atomic E-state index is 0.0539. The van der Waals surface area contributed by atoms with E-state index in [-0.39, 0.29) is 12.1 Å². The number of rotatable bonds is 0. The third kappa shape index (κ3) is 0.979. The van der Waals surface area contributed by atoms with Crippen LogP contribution in [0.25, 0.3) is 0 Å². The lowest BCUT2D eigenvalue weighted by Gasteiger charge is -2.61. The molecule has 0 amide bonds. The fourth-order valence-electron chi connectivity index (χ4n) is 5.40. The number of ether oxygens (including phenoxy) is 1. The molecule has 4 aliphatic rings. The van der Waals surface area contributed by atoms with E-state index >= 15 is 4.39 Å². The first-order valence-electron chi connectivity index (χ1n) is 7.57. The van der Waals surface area contributed by atoms with Crippen LogP contribution in [0, 0.1) is 0 Å². The summed E-state index contributed by atoms with van der Waals surface area (Å²) in [6, 6.07) is 5.92. The fraction of sp³-hybridized carbons (Fsp3) is 0.625. The molecule has 2 heterocycles. The maximum atomic E-state index is 15.1. The van der Waals surface area contributed by atoms with Crippen molar-refractivity contribution < 1.29 is 14.2 Å². The van der Waals surface area contributed by atoms with Crippen LogP contribution >= 0.6 is 0 Å². The van der Waals surface area contributed by atoms with Crippen molar-refractivity contribution in [1.82, 2.24) is 5.32 Å². The second-order valence-electron chi connectivity index (χ2n) is 6.71. The number of aliphatic hydroxyl groups is 1. The molecule has 106 valence electrons. The molecule has 1 saturated heterocycles. The Morgan fingerprint density at radius 3 is 3.20 bits per heavy atom. The van der Waals surface area contributed by atoms with Gasteiger partial charge in [0, 0.05) is 18.2 Å². The topological polar surface area (TPSA) is 41.5 Å². The predicted octanol–water partition coefficient (Wildman–Crippen LogP) is 1.47. The van der Waals surface area contributed by atoms with Crippen LogP contribution in [0.2, 0.25) is 0 Å². The van der Waals surface area contributed by atoms with Gasteiger partial charge in [0.2, 0.25) is 0 Å². The summed E-state index contributed by atoms with van der Waals surface area (Å²) >= 11 is 0. The molecule has 5 atom stereocenters. The number of alkyl halides is 1. The SMILES string of the molecule is OC12CCCC3Oc4cccc5c4C31C(F)CNC2C5. The van der Waals surface area contributed by atoms with Crippen molar-refractivity contribution >= 4 is 0 Å². The van der Waals surface area contributed by atoms with Crippen LogP contribution in [-0.4, -0.2) is 35.6 Å². The molecule has 2 N–H and O–H groups in total. The van der Waals surface area contributed by atoms with E-state index < -0.39 is 17.2 Å². The van der Waals surface area contributed by atoms with Crippen LogP contribution in [0.3, 0.4) is 0 Å². The highest BCUT2D eigenvalue weighted by Gasteiger charge is 2.73. The molecule has 3 nitrogen and oxygen atoms in total. The molecular weight excluding hydrogens is 257 g/mol. The summed E-state index contributed by atoms with van der Waals surface area (Å²) in [5.74, 6) is 0.802. The van der Waals surface area contributed by atoms with Gasteiger partial charge in [0.15, 0.2) is 0 Å². The molecule has 2 fully saturated rings. The maximum absolute atomic E-state index is 15.1. The van der Waals surface area contributed by atoms with Gasteiger partial charge >= 0.3 is 0 Å². The highest BCUT2D eigenvalue weighted by Crippen LogP contribution is 2.63. The Morgan fingerprint density at radius 2 is 2.30 bits per heavy atom. The van der Waals surface area contributed by atoms with Crippen molar-refractivity contribution in [2.45, 2.75) is 55.0 Å². The van der Waals surface area contributed by atoms with E-state index in [0.29, 0.717) is 13.0 Å². The zero-order valence-corrected chi connectivity index (χ0v) is 11.2. The minimum atomic E-state index is -1.09. The van der Waals surface area contributed by atoms with E-state index in [4.69, 9.17) is 4.74 Å². The molecule has 0 radical (unpaired) electrons. The monoisotopic (exact) mass is 275 g/mol. The lowest BCUT2D eigenvalue weighted by atomic mass is 9.49. The van der Waals surface area contributed by atoms with Crippen molar-refractivity contribution in [2.75, 3.05) is 6.54 Å². The zero-order valence-electron chi connectivity index (χ0n) is 11.2. The molecule has 1 saturated carbocycles. The Bertz CT molecular complexity index is 606. The number of piperidine rings is 1. The summed E-state index contributed by atoms with van der Waals surface area (Å²) in [4.78, 5) is 0. The quantitative estimate of drug-likeness (QED) is 0.753. The molecule has 20 heavy (non-hydrogen) atoms. The van der Waals surface area contributed by atoms with Crippen molar-refractivity contribution in [2.24, 2.45) is 0 Å². The fourth-order valence-corrected chi connectivity index (χ4v) is 5.40. The molecule has 2 aliphatic heterocycles. The molecule has 5 rings (SSSR count). The minimum Gasteiger partial charge on any atom is -0.489 e. The average Bonchev–Trinajstić information content (AvgIpc) is 2.77. The van der Waals surface area contributed by atoms with Gasteiger partial charge in [-0.1, -0.05) is 12.1 Å². The van der Waals surface area contributed by atoms with Gasteiger partial charge in [-0.2, -0.15) is 0 Å². The standard InChI is InChI=1S/C16H18FNO2/c17-11-8-18-12-7-9-3-1-4-10-14(9)16(11)13(20-10)5-2-6-15(12,16)19/h1,3-4,11-13,18-19H,2,5-8H2. The van der Waals surface area contributed by atoms with Gasteiger partial charge in [-0.15, -0.1) is 0 Å². The first kappa shape index (κ1) is 11.5. The average molecular weight is 275 g/mol. The summed E-state index contributed by atoms with van der Waals surface area (Å²) in [6.45, 7) is 0.320. The van der Waals surface area contributed by atoms with E-state index in [2.05, 4.69) is 11.4 Å². The lowest BCUT2D eigenvalue weighted by Crippen LogP contribution is -2.78. The molecule has 1 aromatic carbocycles. The number of halogens is 1. The van der Waals surface area contributed by atoms with E-state index in [0.717, 1.165) is 36.1 Å². The van der Waals surface area contributed by atoms with Crippen LogP contribution < -0.4 is 10.1 Å². The normalized spacial score (nSPS) is 47.6. The van der Waals surface area contributed by atoms with E-state index in [1.807, 2.05) is 12.1 Å². The van der Waals surface area contributed by atoms with Crippen molar-refractivity contribution in [3.63, 3.8) is 0 Å². The summed E-state index contributed by atoms with van der Waals surface area (Å²) in [7, 11) is 0. The van der Waals surface area contributed by atoms with Crippen LogP contribution in [0.15, 0.2) is 18.2 Å². The Morgan fingerprint density at radius 1 is 1.40 bits per heavy atom. The van der Waals surface area contributed by atoms with Crippen LogP contribution in [0.4, 0.5) is 4.39 Å². The predicted molar refractivity (Wildman–Crippen MR) is 71.7 cm³/mol. The summed E-state index contributed by atoms with van der Waals surface area (Å²) < 4.78 is 21.2. The van der Waals surface area contributed by atoms with Gasteiger partial charge in [-0.3, -0.25) is 0 Å². The Labute approximate surface area is 117 Å². The van der Waals surface area contributed by atoms with Crippen molar-refractivity contribution in [3.8, 4) is 5.75 Å². The number of nitrogens with one attached hydrogen (secondary N) is 1. The van der Waals surface area contributed by atoms with Gasteiger partial charge in [-0.25, -0.2) is 4.39 Å². The molecular formula is C16H18FNO2. The first-order valence-corrected chi connectivity index (χ1v) is 7.57. The largest absolute Gasteiger partial charge is 0.489 e. The molecule has 1 aromatic rings. The second-order valence-corrected chi connectivity index (χ2v) is 6.71. The van der Waals surface area contributed by atoms with Gasteiger partial charge < -0.3 is 15.2 Å². The van der Waals surface area contributed by atoms with E-state index in [1.165, 1.54) is 0 Å². The summed E-state index contributed by atoms with van der Waals surface area (Å²) in [5, 5.41) is 14.6. The first-order chi connectivity index (χ1) is 9.68. The third-order valence-electron chi connectivity index (χ3n) is 6.08. The van der Waals surface area contributed by atoms with Gasteiger partial charge in [0.1, 0.15) is 18.0 Å². The van der Waals surface area contributed by atoms with Gasteiger partial charge in [0.25, 0.3) is 0 Å². The van der Waals surface area contributed by atoms with Gasteiger partial charge in [-0.05, 0) is 37.3 Å². The number of hydrogen-bond acceptors (Lipinski definition) is 3. The molecule has 2 bridgehead atoms. The summed E-state index contributed by atoms with van der Waals surface area (Å²) in [5.41, 5.74) is 0.271.